The van der Waals surface area contributed by atoms with Crippen molar-refractivity contribution < 1.29 is 53.1 Å². The molecule has 222 valence electrons. The minimum atomic E-state index is -6.38. The summed E-state index contributed by atoms with van der Waals surface area (Å²) in [6.07, 6.45) is -13.4. The molecule has 2 aromatic carbocycles. The molecular weight excluding hydrogens is 588 g/mol. The number of rotatable bonds is 4. The average molecular weight is 611 g/mol. The Kier molecular flexibility index (Phi) is 6.52. The molecule has 0 N–H and O–H groups in total. The average Bonchev–Trinajstić information content (AvgIpc) is 3.53. The summed E-state index contributed by atoms with van der Waals surface area (Å²) in [5.41, 5.74) is -7.99. The molecule has 2 amide bonds. The molecule has 41 heavy (non-hydrogen) atoms. The number of hydrogen-bond acceptors (Lipinski definition) is 4. The predicted octanol–water partition coefficient (Wildman–Crippen LogP) is 4.56. The van der Waals surface area contributed by atoms with Crippen molar-refractivity contribution in [2.24, 2.45) is 0 Å². The van der Waals surface area contributed by atoms with Gasteiger partial charge in [-0.3, -0.25) is 9.59 Å². The number of carbonyl (C=O) groups is 2. The maximum absolute atomic E-state index is 14.9. The van der Waals surface area contributed by atoms with Crippen molar-refractivity contribution in [3.8, 4) is 0 Å². The fraction of sp³-hybridized carbons (Fsp3) is 0.462. The maximum Gasteiger partial charge on any atom is 0.435 e. The lowest BCUT2D eigenvalue weighted by Crippen LogP contribution is -2.51. The van der Waals surface area contributed by atoms with Gasteiger partial charge in [0.25, 0.3) is 0 Å². The van der Waals surface area contributed by atoms with Gasteiger partial charge in [0.15, 0.2) is 9.84 Å². The van der Waals surface area contributed by atoms with E-state index in [1.54, 1.807) is 0 Å². The minimum absolute atomic E-state index is 0.0570. The first-order valence-electron chi connectivity index (χ1n) is 12.4. The molecule has 5 rings (SSSR count). The van der Waals surface area contributed by atoms with Crippen molar-refractivity contribution in [3.63, 3.8) is 0 Å². The molecule has 3 atom stereocenters. The first-order valence-corrected chi connectivity index (χ1v) is 13.9. The highest BCUT2D eigenvalue weighted by molar-refractivity contribution is 7.92. The van der Waals surface area contributed by atoms with E-state index >= 15 is 0 Å². The van der Waals surface area contributed by atoms with Crippen LogP contribution in [0.15, 0.2) is 47.4 Å². The number of sulfone groups is 1. The molecule has 2 fully saturated rings. The van der Waals surface area contributed by atoms with Crippen LogP contribution in [-0.4, -0.2) is 68.1 Å². The van der Waals surface area contributed by atoms with E-state index in [-0.39, 0.29) is 53.8 Å². The van der Waals surface area contributed by atoms with Crippen molar-refractivity contribution in [1.82, 2.24) is 9.80 Å². The Bertz CT molecular complexity index is 1510. The van der Waals surface area contributed by atoms with Crippen molar-refractivity contribution in [2.75, 3.05) is 13.6 Å². The van der Waals surface area contributed by atoms with E-state index in [4.69, 9.17) is 0 Å². The Morgan fingerprint density at radius 2 is 1.59 bits per heavy atom. The molecule has 15 heteroatoms. The van der Waals surface area contributed by atoms with Crippen molar-refractivity contribution in [2.45, 2.75) is 65.4 Å². The molecule has 0 aromatic heterocycles. The van der Waals surface area contributed by atoms with Crippen LogP contribution in [0, 0.1) is 5.82 Å². The molecule has 2 saturated heterocycles. The molecule has 0 saturated carbocycles. The van der Waals surface area contributed by atoms with Crippen LogP contribution >= 0.6 is 0 Å². The Balaban J connectivity index is 1.68. The van der Waals surface area contributed by atoms with Gasteiger partial charge in [-0.05, 0) is 54.7 Å². The van der Waals surface area contributed by atoms with Gasteiger partial charge in [-0.25, -0.2) is 17.2 Å². The number of amides is 2. The lowest BCUT2D eigenvalue weighted by molar-refractivity contribution is -0.348. The third kappa shape index (κ3) is 3.97. The van der Waals surface area contributed by atoms with Crippen LogP contribution in [0.4, 0.5) is 35.1 Å². The molecule has 2 aliphatic heterocycles. The summed E-state index contributed by atoms with van der Waals surface area (Å²) in [5, 5.41) is 0. The zero-order chi connectivity index (χ0) is 30.3. The summed E-state index contributed by atoms with van der Waals surface area (Å²) >= 11 is 0. The van der Waals surface area contributed by atoms with Gasteiger partial charge in [-0.1, -0.05) is 18.2 Å². The van der Waals surface area contributed by atoms with Gasteiger partial charge < -0.3 is 9.80 Å². The SMILES string of the molecule is CN1C(=O)CC[C@H]1C(=O)N1CCC2(S(=O)(=O)c3ccc(F)cc3)c3ccc(C(F)(C(F)(F)F)C(F)(F)F)cc3CC12. The number of halogens is 8. The molecule has 2 aromatic rings. The van der Waals surface area contributed by atoms with Gasteiger partial charge in [0.05, 0.1) is 10.9 Å². The molecule has 1 aliphatic carbocycles. The lowest BCUT2D eigenvalue weighted by atomic mass is 9.90. The minimum Gasteiger partial charge on any atom is -0.336 e. The zero-order valence-corrected chi connectivity index (χ0v) is 22.0. The monoisotopic (exact) mass is 610 g/mol. The summed E-state index contributed by atoms with van der Waals surface area (Å²) in [4.78, 5) is 27.6. The Morgan fingerprint density at radius 1 is 0.976 bits per heavy atom. The van der Waals surface area contributed by atoms with Crippen LogP contribution in [0.3, 0.4) is 0 Å². The summed E-state index contributed by atoms with van der Waals surface area (Å²) in [6, 6.07) is 2.79. The van der Waals surface area contributed by atoms with Crippen molar-refractivity contribution in [1.29, 1.82) is 0 Å². The molecule has 0 spiro atoms. The highest BCUT2D eigenvalue weighted by Crippen LogP contribution is 2.57. The van der Waals surface area contributed by atoms with Crippen molar-refractivity contribution in [3.05, 3.63) is 65.0 Å². The lowest BCUT2D eigenvalue weighted by Gasteiger charge is -2.34. The van der Waals surface area contributed by atoms with E-state index in [0.29, 0.717) is 6.07 Å². The Labute approximate surface area is 228 Å². The highest BCUT2D eigenvalue weighted by Gasteiger charge is 2.74. The summed E-state index contributed by atoms with van der Waals surface area (Å²) in [5.74, 6) is -1.71. The Hall–Kier alpha value is -3.23. The highest BCUT2D eigenvalue weighted by atomic mass is 32.2. The molecule has 0 bridgehead atoms. The molecule has 0 radical (unpaired) electrons. The van der Waals surface area contributed by atoms with E-state index < -0.39 is 68.4 Å². The van der Waals surface area contributed by atoms with Gasteiger partial charge in [-0.15, -0.1) is 0 Å². The number of likely N-dealkylation sites (N-methyl/N-ethyl adjacent to an activating group) is 1. The van der Waals surface area contributed by atoms with E-state index in [9.17, 15) is 53.1 Å². The second-order valence-corrected chi connectivity index (χ2v) is 12.6. The van der Waals surface area contributed by atoms with Crippen LogP contribution in [0.2, 0.25) is 0 Å². The number of carbonyl (C=O) groups excluding carboxylic acids is 2. The van der Waals surface area contributed by atoms with Crippen LogP contribution in [-0.2, 0) is 36.3 Å². The maximum atomic E-state index is 14.9. The molecule has 2 unspecified atom stereocenters. The molecule has 3 aliphatic rings. The quantitative estimate of drug-likeness (QED) is 0.376. The summed E-state index contributed by atoms with van der Waals surface area (Å²) < 4.78 is 136. The number of alkyl halides is 7. The van der Waals surface area contributed by atoms with E-state index in [2.05, 4.69) is 0 Å². The fourth-order valence-corrected chi connectivity index (χ4v) is 8.70. The van der Waals surface area contributed by atoms with Gasteiger partial charge >= 0.3 is 18.0 Å². The van der Waals surface area contributed by atoms with Gasteiger partial charge in [0.1, 0.15) is 16.6 Å². The number of hydrogen-bond donors (Lipinski definition) is 0. The van der Waals surface area contributed by atoms with Crippen LogP contribution in [0.25, 0.3) is 0 Å². The fourth-order valence-electron chi connectivity index (χ4n) is 6.37. The first-order chi connectivity index (χ1) is 18.9. The number of fused-ring (bicyclic) bond motifs is 3. The first kappa shape index (κ1) is 29.3. The number of benzene rings is 2. The summed E-state index contributed by atoms with van der Waals surface area (Å²) in [7, 11) is -3.18. The zero-order valence-electron chi connectivity index (χ0n) is 21.2. The normalized spacial score (nSPS) is 25.0. The topological polar surface area (TPSA) is 74.8 Å². The molecular formula is C26H22F8N2O4S. The number of nitrogens with zero attached hydrogens (tertiary/aromatic N) is 2. The third-order valence-electron chi connectivity index (χ3n) is 8.46. The van der Waals surface area contributed by atoms with Crippen LogP contribution in [0.1, 0.15) is 36.0 Å². The van der Waals surface area contributed by atoms with E-state index in [0.717, 1.165) is 30.3 Å². The van der Waals surface area contributed by atoms with E-state index in [1.165, 1.54) is 16.8 Å². The number of likely N-dealkylation sites (tertiary alicyclic amines) is 2. The molecule has 6 nitrogen and oxygen atoms in total. The standard InChI is InChI=1S/C26H22F8N2O4S/c1-35-19(8-9-21(35)37)22(38)36-11-10-23(41(39,40)17-5-3-16(27)4-6-17)18-7-2-15(12-14(18)13-20(23)36)24(28,25(29,30)31)26(32,33)34/h2-7,12,19-20H,8-11,13H2,1H3/t19-,20?,23?/m0/s1. The van der Waals surface area contributed by atoms with E-state index in [1.807, 2.05) is 0 Å². The van der Waals surface area contributed by atoms with Gasteiger partial charge in [0, 0.05) is 25.6 Å². The smallest absolute Gasteiger partial charge is 0.336 e. The van der Waals surface area contributed by atoms with Crippen LogP contribution in [0.5, 0.6) is 0 Å². The summed E-state index contributed by atoms with van der Waals surface area (Å²) in [6.45, 7) is -0.151. The third-order valence-corrected chi connectivity index (χ3v) is 11.0. The van der Waals surface area contributed by atoms with Gasteiger partial charge in [-0.2, -0.15) is 26.3 Å². The predicted molar refractivity (Wildman–Crippen MR) is 126 cm³/mol. The van der Waals surface area contributed by atoms with Crippen LogP contribution < -0.4 is 0 Å². The van der Waals surface area contributed by atoms with Crippen molar-refractivity contribution >= 4 is 21.7 Å². The Morgan fingerprint density at radius 3 is 2.12 bits per heavy atom. The van der Waals surface area contributed by atoms with Gasteiger partial charge in [0.2, 0.25) is 11.8 Å². The second-order valence-electron chi connectivity index (χ2n) is 10.4. The molecule has 2 heterocycles. The largest absolute Gasteiger partial charge is 0.435 e. The second kappa shape index (κ2) is 9.13.